The quantitative estimate of drug-likeness (QED) is 0.298. The number of carbonyl (C=O) groups excluding carboxylic acids is 1. The lowest BCUT2D eigenvalue weighted by Gasteiger charge is -2.26. The van der Waals surface area contributed by atoms with Gasteiger partial charge in [0.05, 0.1) is 24.1 Å². The third-order valence-corrected chi connectivity index (χ3v) is 7.86. The molecule has 1 aromatic heterocycles. The maximum Gasteiger partial charge on any atom is 0.488 e. The summed E-state index contributed by atoms with van der Waals surface area (Å²) in [5.74, 6) is -0.470. The number of hydrogen-bond acceptors (Lipinski definition) is 6. The summed E-state index contributed by atoms with van der Waals surface area (Å²) in [6, 6.07) is 15.5. The molecule has 5 rings (SSSR count). The Hall–Kier alpha value is -3.67. The van der Waals surface area contributed by atoms with Gasteiger partial charge in [0.2, 0.25) is 10.0 Å². The van der Waals surface area contributed by atoms with Gasteiger partial charge in [0.25, 0.3) is 5.91 Å². The molecular formula is C27H26BFN2O6S. The van der Waals surface area contributed by atoms with Crippen molar-refractivity contribution in [1.82, 2.24) is 5.32 Å². The Morgan fingerprint density at radius 2 is 1.82 bits per heavy atom. The zero-order chi connectivity index (χ0) is 27.2. The van der Waals surface area contributed by atoms with Crippen LogP contribution in [0.15, 0.2) is 65.1 Å². The molecule has 0 bridgehead atoms. The van der Waals surface area contributed by atoms with Crippen LogP contribution >= 0.6 is 0 Å². The van der Waals surface area contributed by atoms with Crippen molar-refractivity contribution in [3.8, 4) is 11.3 Å². The Balaban J connectivity index is 1.73. The van der Waals surface area contributed by atoms with Crippen molar-refractivity contribution in [1.29, 1.82) is 0 Å². The van der Waals surface area contributed by atoms with Gasteiger partial charge in [0, 0.05) is 24.1 Å². The third-order valence-electron chi connectivity index (χ3n) is 6.73. The second kappa shape index (κ2) is 9.90. The van der Waals surface area contributed by atoms with E-state index < -0.39 is 23.0 Å². The maximum absolute atomic E-state index is 13.6. The fourth-order valence-corrected chi connectivity index (χ4v) is 5.60. The molecule has 1 aliphatic carbocycles. The van der Waals surface area contributed by atoms with Crippen molar-refractivity contribution in [3.05, 3.63) is 83.2 Å². The smallest absolute Gasteiger partial charge is 0.455 e. The highest BCUT2D eigenvalue weighted by atomic mass is 32.2. The Kier molecular flexibility index (Phi) is 6.76. The van der Waals surface area contributed by atoms with Gasteiger partial charge in [-0.2, -0.15) is 0 Å². The first-order valence-corrected chi connectivity index (χ1v) is 13.9. The lowest BCUT2D eigenvalue weighted by atomic mass is 9.77. The first kappa shape index (κ1) is 26.0. The largest absolute Gasteiger partial charge is 0.488 e. The van der Waals surface area contributed by atoms with E-state index in [9.17, 15) is 27.7 Å². The molecule has 1 aliphatic rings. The number of carbonyl (C=O) groups is 1. The number of anilines is 1. The van der Waals surface area contributed by atoms with Crippen LogP contribution in [0.5, 0.6) is 0 Å². The summed E-state index contributed by atoms with van der Waals surface area (Å²) < 4.78 is 47.1. The predicted octanol–water partition coefficient (Wildman–Crippen LogP) is 3.12. The Bertz CT molecular complexity index is 1630. The number of nitrogens with one attached hydrogen (secondary N) is 1. The molecule has 0 radical (unpaired) electrons. The zero-order valence-electron chi connectivity index (χ0n) is 20.8. The molecule has 0 spiro atoms. The van der Waals surface area contributed by atoms with Gasteiger partial charge in [-0.05, 0) is 65.7 Å². The number of sulfonamides is 1. The predicted molar refractivity (Wildman–Crippen MR) is 144 cm³/mol. The van der Waals surface area contributed by atoms with Crippen LogP contribution in [0, 0.1) is 5.82 Å². The molecule has 4 aromatic rings. The zero-order valence-corrected chi connectivity index (χ0v) is 21.6. The number of hydrogen-bond donors (Lipinski definition) is 3. The highest BCUT2D eigenvalue weighted by Gasteiger charge is 2.33. The maximum atomic E-state index is 13.6. The van der Waals surface area contributed by atoms with E-state index in [-0.39, 0.29) is 35.2 Å². The van der Waals surface area contributed by atoms with Crippen LogP contribution in [-0.2, 0) is 16.6 Å². The van der Waals surface area contributed by atoms with Crippen LogP contribution in [0.3, 0.4) is 0 Å². The van der Waals surface area contributed by atoms with Crippen LogP contribution in [0.25, 0.3) is 22.3 Å². The summed E-state index contributed by atoms with van der Waals surface area (Å²) in [7, 11) is -4.09. The van der Waals surface area contributed by atoms with Gasteiger partial charge in [-0.15, -0.1) is 0 Å². The van der Waals surface area contributed by atoms with E-state index in [1.165, 1.54) is 41.7 Å². The fourth-order valence-electron chi connectivity index (χ4n) is 4.71. The monoisotopic (exact) mass is 536 g/mol. The minimum absolute atomic E-state index is 0.0963. The molecular weight excluding hydrogens is 510 g/mol. The average molecular weight is 536 g/mol. The second-order valence-corrected chi connectivity index (χ2v) is 11.3. The average Bonchev–Trinajstić information content (AvgIpc) is 3.66. The van der Waals surface area contributed by atoms with Crippen LogP contribution in [0.4, 0.5) is 10.1 Å². The van der Waals surface area contributed by atoms with Crippen molar-refractivity contribution >= 4 is 45.2 Å². The number of halogens is 1. The van der Waals surface area contributed by atoms with Gasteiger partial charge in [0.15, 0.2) is 0 Å². The van der Waals surface area contributed by atoms with Gasteiger partial charge in [-0.25, -0.2) is 12.8 Å². The number of furan rings is 1. The SMILES string of the molecule is CNC(=O)c1c(-c2ccc(F)cc2)oc2cc(N(Cc3ccccc3B(O)O)S(C)(=O)=O)c(C3CC3)cc12. The minimum Gasteiger partial charge on any atom is -0.455 e. The Labute approximate surface area is 219 Å². The highest BCUT2D eigenvalue weighted by molar-refractivity contribution is 7.92. The van der Waals surface area contributed by atoms with E-state index in [1.807, 2.05) is 0 Å². The molecule has 0 saturated heterocycles. The number of rotatable bonds is 8. The van der Waals surface area contributed by atoms with E-state index in [4.69, 9.17) is 4.42 Å². The van der Waals surface area contributed by atoms with Crippen molar-refractivity contribution < 1.29 is 32.1 Å². The summed E-state index contributed by atoms with van der Waals surface area (Å²) in [5.41, 5.74) is 2.87. The van der Waals surface area contributed by atoms with Gasteiger partial charge in [-0.1, -0.05) is 24.3 Å². The van der Waals surface area contributed by atoms with E-state index in [1.54, 1.807) is 30.3 Å². The molecule has 8 nitrogen and oxygen atoms in total. The molecule has 1 saturated carbocycles. The van der Waals surface area contributed by atoms with Gasteiger partial charge in [0.1, 0.15) is 17.2 Å². The van der Waals surface area contributed by atoms with Crippen LogP contribution in [-0.4, -0.2) is 44.8 Å². The van der Waals surface area contributed by atoms with Crippen LogP contribution in [0.1, 0.15) is 40.2 Å². The molecule has 0 atom stereocenters. The standard InChI is InChI=1S/C27H26BFN2O6S/c1-30-27(32)25-21-13-20(16-7-8-16)23(14-24(21)37-26(25)17-9-11-19(29)12-10-17)31(38(2,35)36)15-18-5-3-4-6-22(18)28(33)34/h3-6,9-14,16,33-34H,7-8,15H2,1-2H3,(H,30,32). The molecule has 1 amide bonds. The third kappa shape index (κ3) is 4.92. The van der Waals surface area contributed by atoms with Crippen LogP contribution < -0.4 is 15.1 Å². The summed E-state index contributed by atoms with van der Waals surface area (Å²) >= 11 is 0. The summed E-state index contributed by atoms with van der Waals surface area (Å²) in [6.45, 7) is -0.133. The second-order valence-electron chi connectivity index (χ2n) is 9.42. The molecule has 0 unspecified atom stereocenters. The lowest BCUT2D eigenvalue weighted by molar-refractivity contribution is 0.0964. The van der Waals surface area contributed by atoms with Crippen molar-refractivity contribution in [2.24, 2.45) is 0 Å². The minimum atomic E-state index is -3.83. The number of amides is 1. The molecule has 1 heterocycles. The number of nitrogens with zero attached hydrogens (tertiary/aromatic N) is 1. The molecule has 196 valence electrons. The fraction of sp³-hybridized carbons (Fsp3) is 0.222. The molecule has 3 N–H and O–H groups in total. The first-order valence-electron chi connectivity index (χ1n) is 12.1. The van der Waals surface area contributed by atoms with Crippen molar-refractivity contribution in [2.75, 3.05) is 17.6 Å². The number of benzene rings is 3. The molecule has 0 aliphatic heterocycles. The van der Waals surface area contributed by atoms with E-state index in [2.05, 4.69) is 5.32 Å². The normalized spacial score (nSPS) is 13.5. The van der Waals surface area contributed by atoms with Gasteiger partial charge >= 0.3 is 7.12 Å². The number of fused-ring (bicyclic) bond motifs is 1. The molecule has 38 heavy (non-hydrogen) atoms. The first-order chi connectivity index (χ1) is 18.1. The highest BCUT2D eigenvalue weighted by Crippen LogP contribution is 2.48. The lowest BCUT2D eigenvalue weighted by Crippen LogP contribution is -2.37. The molecule has 11 heteroatoms. The Morgan fingerprint density at radius 1 is 1.13 bits per heavy atom. The van der Waals surface area contributed by atoms with Crippen LogP contribution in [0.2, 0.25) is 0 Å². The summed E-state index contributed by atoms with van der Waals surface area (Å²) in [5, 5.41) is 22.8. The van der Waals surface area contributed by atoms with Crippen molar-refractivity contribution in [2.45, 2.75) is 25.3 Å². The summed E-state index contributed by atoms with van der Waals surface area (Å²) in [4.78, 5) is 13.0. The van der Waals surface area contributed by atoms with Gasteiger partial charge < -0.3 is 19.8 Å². The van der Waals surface area contributed by atoms with Crippen molar-refractivity contribution in [3.63, 3.8) is 0 Å². The summed E-state index contributed by atoms with van der Waals surface area (Å²) in [6.07, 6.45) is 2.81. The van der Waals surface area contributed by atoms with Gasteiger partial charge in [-0.3, -0.25) is 9.10 Å². The molecule has 3 aromatic carbocycles. The van der Waals surface area contributed by atoms with E-state index in [0.717, 1.165) is 24.7 Å². The van der Waals surface area contributed by atoms with E-state index >= 15 is 0 Å². The van der Waals surface area contributed by atoms with E-state index in [0.29, 0.717) is 27.8 Å². The molecule has 1 fully saturated rings. The topological polar surface area (TPSA) is 120 Å². The Morgan fingerprint density at radius 3 is 2.42 bits per heavy atom.